The van der Waals surface area contributed by atoms with Crippen LogP contribution in [-0.2, 0) is 16.6 Å². The van der Waals surface area contributed by atoms with E-state index in [0.29, 0.717) is 30.3 Å². The Morgan fingerprint density at radius 3 is 2.64 bits per heavy atom. The summed E-state index contributed by atoms with van der Waals surface area (Å²) in [4.78, 5) is 39.5. The van der Waals surface area contributed by atoms with E-state index >= 15 is 0 Å². The molecule has 10 heteroatoms. The molecule has 1 spiro atoms. The molecule has 2 fully saturated rings. The monoisotopic (exact) mass is 453 g/mol. The van der Waals surface area contributed by atoms with Crippen LogP contribution in [0.4, 0.5) is 10.5 Å². The van der Waals surface area contributed by atoms with Gasteiger partial charge in [-0.15, -0.1) is 5.10 Å². The second-order valence-corrected chi connectivity index (χ2v) is 9.78. The van der Waals surface area contributed by atoms with Crippen LogP contribution in [0.2, 0.25) is 0 Å². The van der Waals surface area contributed by atoms with E-state index in [2.05, 4.69) is 46.9 Å². The number of hydrogen-bond donors (Lipinski definition) is 2. The fourth-order valence-electron chi connectivity index (χ4n) is 4.89. The number of carbonyl (C=O) groups is 3. The maximum Gasteiger partial charge on any atom is 0.325 e. The van der Waals surface area contributed by atoms with E-state index in [4.69, 9.17) is 0 Å². The third-order valence-corrected chi connectivity index (χ3v) is 7.43. The molecule has 4 amide bonds. The van der Waals surface area contributed by atoms with Crippen LogP contribution in [0.25, 0.3) is 11.4 Å². The van der Waals surface area contributed by atoms with Gasteiger partial charge in [-0.05, 0) is 59.6 Å². The summed E-state index contributed by atoms with van der Waals surface area (Å²) in [5, 5.41) is 17.1. The lowest BCUT2D eigenvalue weighted by atomic mass is 9.65. The van der Waals surface area contributed by atoms with E-state index in [1.165, 1.54) is 4.68 Å². The number of anilines is 1. The molecule has 1 aromatic heterocycles. The molecule has 2 aromatic rings. The maximum atomic E-state index is 13.2. The molecule has 176 valence electrons. The summed E-state index contributed by atoms with van der Waals surface area (Å²) in [6, 6.07) is 6.59. The first kappa shape index (κ1) is 22.9. The summed E-state index contributed by atoms with van der Waals surface area (Å²) in [5.74, 6) is 0.342. The second kappa shape index (κ2) is 8.57. The zero-order valence-electron chi connectivity index (χ0n) is 19.6. The minimum atomic E-state index is -0.879. The van der Waals surface area contributed by atoms with Crippen molar-refractivity contribution in [1.29, 1.82) is 0 Å². The van der Waals surface area contributed by atoms with E-state index in [1.807, 2.05) is 6.07 Å². The smallest absolute Gasteiger partial charge is 0.325 e. The predicted molar refractivity (Wildman–Crippen MR) is 122 cm³/mol. The van der Waals surface area contributed by atoms with Gasteiger partial charge in [0, 0.05) is 18.3 Å². The van der Waals surface area contributed by atoms with Gasteiger partial charge in [0.2, 0.25) is 5.91 Å². The van der Waals surface area contributed by atoms with Crippen LogP contribution >= 0.6 is 0 Å². The highest BCUT2D eigenvalue weighted by Gasteiger charge is 2.53. The Hall–Kier alpha value is -3.30. The van der Waals surface area contributed by atoms with Gasteiger partial charge < -0.3 is 10.6 Å². The highest BCUT2D eigenvalue weighted by atomic mass is 16.2. The third-order valence-electron chi connectivity index (χ3n) is 7.43. The number of carbonyl (C=O) groups excluding carboxylic acids is 3. The summed E-state index contributed by atoms with van der Waals surface area (Å²) in [5.41, 5.74) is 0.601. The third kappa shape index (κ3) is 4.34. The van der Waals surface area contributed by atoms with Crippen molar-refractivity contribution in [3.63, 3.8) is 0 Å². The molecule has 1 aromatic carbocycles. The molecule has 2 N–H and O–H groups in total. The summed E-state index contributed by atoms with van der Waals surface area (Å²) in [6.07, 6.45) is 4.06. The molecule has 1 aliphatic heterocycles. The zero-order valence-corrected chi connectivity index (χ0v) is 19.6. The van der Waals surface area contributed by atoms with Gasteiger partial charge in [0.15, 0.2) is 5.82 Å². The van der Waals surface area contributed by atoms with Crippen molar-refractivity contribution >= 4 is 23.5 Å². The summed E-state index contributed by atoms with van der Waals surface area (Å²) in [6.45, 7) is 6.38. The molecule has 2 aliphatic rings. The van der Waals surface area contributed by atoms with Crippen molar-refractivity contribution in [2.75, 3.05) is 11.9 Å². The quantitative estimate of drug-likeness (QED) is 0.649. The number of tetrazole rings is 1. The molecule has 2 heterocycles. The van der Waals surface area contributed by atoms with Gasteiger partial charge in [0.05, 0.1) is 0 Å². The van der Waals surface area contributed by atoms with Crippen LogP contribution in [-0.4, -0.2) is 55.0 Å². The first-order valence-electron chi connectivity index (χ1n) is 11.4. The molecule has 0 atom stereocenters. The lowest BCUT2D eigenvalue weighted by molar-refractivity contribution is -0.135. The Bertz CT molecular complexity index is 1070. The molecule has 0 bridgehead atoms. The fraction of sp³-hybridized carbons (Fsp3) is 0.565. The zero-order chi connectivity index (χ0) is 23.8. The van der Waals surface area contributed by atoms with Crippen LogP contribution in [0.15, 0.2) is 24.3 Å². The SMILES string of the molecule is CCC(C)(C)C1CCC2(CC1)NC(=O)N(CC(=O)Nc1cccc(-c3nnnn3C)c1)C2=O. The lowest BCUT2D eigenvalue weighted by Crippen LogP contribution is -2.51. The largest absolute Gasteiger partial charge is 0.325 e. The van der Waals surface area contributed by atoms with Crippen LogP contribution in [0.3, 0.4) is 0 Å². The molecule has 1 saturated heterocycles. The van der Waals surface area contributed by atoms with Crippen LogP contribution in [0.1, 0.15) is 52.9 Å². The number of aryl methyl sites for hydroxylation is 1. The number of hydrogen-bond acceptors (Lipinski definition) is 6. The predicted octanol–water partition coefficient (Wildman–Crippen LogP) is 2.73. The minimum Gasteiger partial charge on any atom is -0.325 e. The number of rotatable bonds is 6. The Morgan fingerprint density at radius 1 is 1.27 bits per heavy atom. The number of nitrogens with one attached hydrogen (secondary N) is 2. The van der Waals surface area contributed by atoms with Crippen molar-refractivity contribution in [3.8, 4) is 11.4 Å². The van der Waals surface area contributed by atoms with E-state index in [9.17, 15) is 14.4 Å². The topological polar surface area (TPSA) is 122 Å². The molecule has 4 rings (SSSR count). The minimum absolute atomic E-state index is 0.211. The Kier molecular flexibility index (Phi) is 5.94. The van der Waals surface area contributed by atoms with Crippen molar-refractivity contribution in [2.24, 2.45) is 18.4 Å². The number of urea groups is 1. The van der Waals surface area contributed by atoms with E-state index < -0.39 is 17.5 Å². The molecule has 0 unspecified atom stereocenters. The average Bonchev–Trinajstić information content (AvgIpc) is 3.31. The van der Waals surface area contributed by atoms with Gasteiger partial charge in [-0.2, -0.15) is 0 Å². The van der Waals surface area contributed by atoms with Crippen molar-refractivity contribution in [2.45, 2.75) is 58.4 Å². The highest BCUT2D eigenvalue weighted by molar-refractivity contribution is 6.10. The second-order valence-electron chi connectivity index (χ2n) is 9.78. The lowest BCUT2D eigenvalue weighted by Gasteiger charge is -2.42. The average molecular weight is 454 g/mol. The first-order valence-corrected chi connectivity index (χ1v) is 11.4. The first-order chi connectivity index (χ1) is 15.6. The molecule has 10 nitrogen and oxygen atoms in total. The van der Waals surface area contributed by atoms with Gasteiger partial charge in [0.1, 0.15) is 12.1 Å². The number of benzene rings is 1. The van der Waals surface area contributed by atoms with Gasteiger partial charge in [-0.25, -0.2) is 9.48 Å². The molecule has 0 radical (unpaired) electrons. The number of nitrogens with zero attached hydrogens (tertiary/aromatic N) is 5. The van der Waals surface area contributed by atoms with Gasteiger partial charge >= 0.3 is 6.03 Å². The van der Waals surface area contributed by atoms with Crippen LogP contribution in [0, 0.1) is 11.3 Å². The normalized spacial score (nSPS) is 23.2. The van der Waals surface area contributed by atoms with Crippen molar-refractivity contribution in [3.05, 3.63) is 24.3 Å². The summed E-state index contributed by atoms with van der Waals surface area (Å²) >= 11 is 0. The standard InChI is InChI=1S/C23H31N7O3/c1-5-22(2,3)16-9-11-23(12-10-16)20(32)30(21(33)25-23)14-18(31)24-17-8-6-7-15(13-17)19-26-27-28-29(19)4/h6-8,13,16H,5,9-12,14H2,1-4H3,(H,24,31)(H,25,33). The van der Waals surface area contributed by atoms with Crippen LogP contribution in [0.5, 0.6) is 0 Å². The van der Waals surface area contributed by atoms with E-state index in [1.54, 1.807) is 25.2 Å². The highest BCUT2D eigenvalue weighted by Crippen LogP contribution is 2.45. The van der Waals surface area contributed by atoms with Gasteiger partial charge in [-0.1, -0.05) is 39.3 Å². The maximum absolute atomic E-state index is 13.2. The summed E-state index contributed by atoms with van der Waals surface area (Å²) < 4.78 is 1.53. The Balaban J connectivity index is 1.40. The fourth-order valence-corrected chi connectivity index (χ4v) is 4.89. The molecular formula is C23H31N7O3. The molecule has 1 aliphatic carbocycles. The Morgan fingerprint density at radius 2 is 2.00 bits per heavy atom. The van der Waals surface area contributed by atoms with Crippen molar-refractivity contribution in [1.82, 2.24) is 30.4 Å². The van der Waals surface area contributed by atoms with Crippen molar-refractivity contribution < 1.29 is 14.4 Å². The van der Waals surface area contributed by atoms with E-state index in [0.717, 1.165) is 29.7 Å². The molecule has 33 heavy (non-hydrogen) atoms. The number of amides is 4. The van der Waals surface area contributed by atoms with Gasteiger partial charge in [0.25, 0.3) is 5.91 Å². The molecular weight excluding hydrogens is 422 g/mol. The van der Waals surface area contributed by atoms with Crippen LogP contribution < -0.4 is 10.6 Å². The number of imide groups is 1. The number of aromatic nitrogens is 4. The summed E-state index contributed by atoms with van der Waals surface area (Å²) in [7, 11) is 1.73. The molecule has 1 saturated carbocycles. The van der Waals surface area contributed by atoms with Gasteiger partial charge in [-0.3, -0.25) is 14.5 Å². The van der Waals surface area contributed by atoms with E-state index in [-0.39, 0.29) is 17.9 Å². The Labute approximate surface area is 193 Å².